The Bertz CT molecular complexity index is 1170. The van der Waals surface area contributed by atoms with Gasteiger partial charge in [0.05, 0.1) is 18.5 Å². The zero-order chi connectivity index (χ0) is 21.8. The Morgan fingerprint density at radius 1 is 0.871 bits per heavy atom. The standard InChI is InChI=1S/C25H25NO4S/c1-31(28,29)26(17-19-9-4-2-5-10-19)25-22-13-8-14-23(27)21(22)15-16-24(25)30-18-20-11-6-3-7-12-20/h2-7,9-12,15-16H,8,13-14,17-18H2,1H3. The van der Waals surface area contributed by atoms with Crippen LogP contribution < -0.4 is 9.04 Å². The lowest BCUT2D eigenvalue weighted by molar-refractivity contribution is 0.0972. The number of nitrogens with zero attached hydrogens (tertiary/aromatic N) is 1. The number of carbonyl (C=O) groups excluding carboxylic acids is 1. The first-order valence-corrected chi connectivity index (χ1v) is 12.2. The van der Waals surface area contributed by atoms with Crippen LogP contribution in [0.4, 0.5) is 5.69 Å². The van der Waals surface area contributed by atoms with E-state index in [1.54, 1.807) is 12.1 Å². The van der Waals surface area contributed by atoms with Crippen molar-refractivity contribution in [2.24, 2.45) is 0 Å². The van der Waals surface area contributed by atoms with Crippen LogP contribution in [0.5, 0.6) is 5.75 Å². The summed E-state index contributed by atoms with van der Waals surface area (Å²) in [5, 5.41) is 0. The van der Waals surface area contributed by atoms with Gasteiger partial charge < -0.3 is 4.74 Å². The number of rotatable bonds is 7. The van der Waals surface area contributed by atoms with Crippen molar-refractivity contribution in [3.8, 4) is 5.75 Å². The molecule has 1 aliphatic rings. The van der Waals surface area contributed by atoms with Gasteiger partial charge >= 0.3 is 0 Å². The molecule has 4 rings (SSSR count). The van der Waals surface area contributed by atoms with E-state index in [1.807, 2.05) is 60.7 Å². The van der Waals surface area contributed by atoms with Gasteiger partial charge in [-0.1, -0.05) is 60.7 Å². The Morgan fingerprint density at radius 2 is 1.52 bits per heavy atom. The Kier molecular flexibility index (Phi) is 6.09. The fourth-order valence-corrected chi connectivity index (χ4v) is 4.84. The Labute approximate surface area is 183 Å². The SMILES string of the molecule is CS(=O)(=O)N(Cc1ccccc1)c1c(OCc2ccccc2)ccc2c1CCCC2=O. The Balaban J connectivity index is 1.81. The van der Waals surface area contributed by atoms with Crippen LogP contribution >= 0.6 is 0 Å². The molecule has 0 bridgehead atoms. The molecule has 160 valence electrons. The summed E-state index contributed by atoms with van der Waals surface area (Å²) >= 11 is 0. The molecule has 1 aliphatic carbocycles. The van der Waals surface area contributed by atoms with E-state index in [0.29, 0.717) is 42.9 Å². The zero-order valence-electron chi connectivity index (χ0n) is 17.5. The minimum atomic E-state index is -3.63. The number of sulfonamides is 1. The average molecular weight is 436 g/mol. The quantitative estimate of drug-likeness (QED) is 0.537. The summed E-state index contributed by atoms with van der Waals surface area (Å²) in [5.74, 6) is 0.518. The predicted octanol–water partition coefficient (Wildman–Crippen LogP) is 4.75. The first-order chi connectivity index (χ1) is 14.9. The highest BCUT2D eigenvalue weighted by molar-refractivity contribution is 7.92. The van der Waals surface area contributed by atoms with Crippen molar-refractivity contribution in [3.63, 3.8) is 0 Å². The van der Waals surface area contributed by atoms with E-state index in [1.165, 1.54) is 10.6 Å². The lowest BCUT2D eigenvalue weighted by atomic mass is 9.89. The van der Waals surface area contributed by atoms with E-state index >= 15 is 0 Å². The van der Waals surface area contributed by atoms with Crippen LogP contribution in [0.2, 0.25) is 0 Å². The molecule has 0 saturated carbocycles. The van der Waals surface area contributed by atoms with Crippen LogP contribution in [-0.2, 0) is 29.6 Å². The van der Waals surface area contributed by atoms with Crippen molar-refractivity contribution in [2.45, 2.75) is 32.4 Å². The smallest absolute Gasteiger partial charge is 0.232 e. The summed E-state index contributed by atoms with van der Waals surface area (Å²) in [6.07, 6.45) is 3.01. The van der Waals surface area contributed by atoms with Crippen molar-refractivity contribution >= 4 is 21.5 Å². The molecule has 0 unspecified atom stereocenters. The summed E-state index contributed by atoms with van der Waals surface area (Å²) in [5.41, 5.74) is 3.67. The summed E-state index contributed by atoms with van der Waals surface area (Å²) in [6, 6.07) is 22.7. The van der Waals surface area contributed by atoms with Crippen molar-refractivity contribution in [1.29, 1.82) is 0 Å². The van der Waals surface area contributed by atoms with E-state index in [2.05, 4.69) is 0 Å². The minimum absolute atomic E-state index is 0.0465. The average Bonchev–Trinajstić information content (AvgIpc) is 2.77. The summed E-state index contributed by atoms with van der Waals surface area (Å²) in [6.45, 7) is 0.482. The third-order valence-corrected chi connectivity index (χ3v) is 6.54. The summed E-state index contributed by atoms with van der Waals surface area (Å²) in [4.78, 5) is 12.6. The number of benzene rings is 3. The van der Waals surface area contributed by atoms with Gasteiger partial charge in [-0.2, -0.15) is 0 Å². The normalized spacial score (nSPS) is 13.5. The molecule has 3 aromatic rings. The molecule has 5 nitrogen and oxygen atoms in total. The van der Waals surface area contributed by atoms with E-state index < -0.39 is 10.0 Å². The number of fused-ring (bicyclic) bond motifs is 1. The molecule has 31 heavy (non-hydrogen) atoms. The number of hydrogen-bond acceptors (Lipinski definition) is 4. The molecule has 0 aliphatic heterocycles. The highest BCUT2D eigenvalue weighted by Crippen LogP contribution is 2.40. The van der Waals surface area contributed by atoms with Gasteiger partial charge in [0.2, 0.25) is 10.0 Å². The second-order valence-corrected chi connectivity index (χ2v) is 9.65. The van der Waals surface area contributed by atoms with Gasteiger partial charge in [0.25, 0.3) is 0 Å². The predicted molar refractivity (Wildman–Crippen MR) is 122 cm³/mol. The van der Waals surface area contributed by atoms with Crippen LogP contribution in [0.1, 0.15) is 39.9 Å². The van der Waals surface area contributed by atoms with Crippen molar-refractivity contribution < 1.29 is 17.9 Å². The molecule has 0 N–H and O–H groups in total. The van der Waals surface area contributed by atoms with E-state index in [-0.39, 0.29) is 12.3 Å². The van der Waals surface area contributed by atoms with E-state index in [0.717, 1.165) is 16.7 Å². The van der Waals surface area contributed by atoms with Gasteiger partial charge in [-0.15, -0.1) is 0 Å². The van der Waals surface area contributed by atoms with E-state index in [4.69, 9.17) is 4.74 Å². The van der Waals surface area contributed by atoms with Crippen LogP contribution in [0.3, 0.4) is 0 Å². The van der Waals surface area contributed by atoms with Crippen LogP contribution in [0.15, 0.2) is 72.8 Å². The molecule has 0 spiro atoms. The number of ketones is 1. The third-order valence-electron chi connectivity index (χ3n) is 5.43. The van der Waals surface area contributed by atoms with Crippen LogP contribution in [0.25, 0.3) is 0 Å². The molecule has 0 fully saturated rings. The molecular formula is C25H25NO4S. The molecule has 0 atom stereocenters. The molecule has 3 aromatic carbocycles. The molecule has 0 saturated heterocycles. The minimum Gasteiger partial charge on any atom is -0.487 e. The molecule has 0 heterocycles. The first-order valence-electron chi connectivity index (χ1n) is 10.3. The van der Waals surface area contributed by atoms with Crippen LogP contribution in [-0.4, -0.2) is 20.5 Å². The Morgan fingerprint density at radius 3 is 2.16 bits per heavy atom. The highest BCUT2D eigenvalue weighted by atomic mass is 32.2. The van der Waals surface area contributed by atoms with Gasteiger partial charge in [-0.3, -0.25) is 9.10 Å². The second kappa shape index (κ2) is 8.94. The van der Waals surface area contributed by atoms with Crippen molar-refractivity contribution in [2.75, 3.05) is 10.6 Å². The lowest BCUT2D eigenvalue weighted by Gasteiger charge is -2.30. The first kappa shape index (κ1) is 21.1. The zero-order valence-corrected chi connectivity index (χ0v) is 18.3. The number of ether oxygens (including phenoxy) is 1. The largest absolute Gasteiger partial charge is 0.487 e. The van der Waals surface area contributed by atoms with Gasteiger partial charge in [0.1, 0.15) is 12.4 Å². The molecule has 0 aromatic heterocycles. The number of anilines is 1. The van der Waals surface area contributed by atoms with Crippen LogP contribution in [0, 0.1) is 0 Å². The number of carbonyl (C=O) groups is 1. The highest BCUT2D eigenvalue weighted by Gasteiger charge is 2.30. The van der Waals surface area contributed by atoms with Gasteiger partial charge in [-0.25, -0.2) is 8.42 Å². The monoisotopic (exact) mass is 435 g/mol. The maximum absolute atomic E-state index is 12.9. The van der Waals surface area contributed by atoms with Crippen molar-refractivity contribution in [1.82, 2.24) is 0 Å². The fourth-order valence-electron chi connectivity index (χ4n) is 3.93. The molecular weight excluding hydrogens is 410 g/mol. The topological polar surface area (TPSA) is 63.7 Å². The summed E-state index contributed by atoms with van der Waals surface area (Å²) in [7, 11) is -3.63. The van der Waals surface area contributed by atoms with E-state index in [9.17, 15) is 13.2 Å². The fraction of sp³-hybridized carbons (Fsp3) is 0.240. The molecule has 0 amide bonds. The number of Topliss-reactive ketones (excluding diaryl/α,β-unsaturated/α-hetero) is 1. The maximum atomic E-state index is 12.9. The lowest BCUT2D eigenvalue weighted by Crippen LogP contribution is -2.31. The second-order valence-electron chi connectivity index (χ2n) is 7.74. The molecule has 0 radical (unpaired) electrons. The summed E-state index contributed by atoms with van der Waals surface area (Å²) < 4.78 is 33.3. The van der Waals surface area contributed by atoms with Gasteiger partial charge in [0, 0.05) is 12.0 Å². The van der Waals surface area contributed by atoms with Gasteiger partial charge in [0.15, 0.2) is 5.78 Å². The number of hydrogen-bond donors (Lipinski definition) is 0. The van der Waals surface area contributed by atoms with Crippen molar-refractivity contribution in [3.05, 3.63) is 95.1 Å². The third kappa shape index (κ3) is 4.80. The Hall–Kier alpha value is -3.12. The maximum Gasteiger partial charge on any atom is 0.232 e. The van der Waals surface area contributed by atoms with Gasteiger partial charge in [-0.05, 0) is 41.7 Å². The molecule has 6 heteroatoms.